The van der Waals surface area contributed by atoms with Crippen molar-refractivity contribution in [2.45, 2.75) is 46.1 Å². The number of hydrogen-bond acceptors (Lipinski definition) is 6. The molecule has 3 rings (SSSR count). The molecule has 1 N–H and O–H groups in total. The molecule has 0 radical (unpaired) electrons. The van der Waals surface area contributed by atoms with Gasteiger partial charge in [0.1, 0.15) is 10.8 Å². The molecule has 28 heavy (non-hydrogen) atoms. The Hall–Kier alpha value is -2.25. The zero-order valence-corrected chi connectivity index (χ0v) is 17.6. The Balaban J connectivity index is 1.66. The molecule has 2 heterocycles. The maximum atomic E-state index is 12.1. The lowest BCUT2D eigenvalue weighted by atomic mass is 10.0. The number of thiazole rings is 1. The number of ether oxygens (including phenoxy) is 1. The van der Waals surface area contributed by atoms with Crippen LogP contribution in [0, 0.1) is 6.92 Å². The fraction of sp³-hybridized carbons (Fsp3) is 0.476. The van der Waals surface area contributed by atoms with Crippen molar-refractivity contribution in [3.05, 3.63) is 45.4 Å². The molecule has 1 fully saturated rings. The molecular weight excluding hydrogens is 372 g/mol. The van der Waals surface area contributed by atoms with Gasteiger partial charge in [-0.15, -0.1) is 11.3 Å². The van der Waals surface area contributed by atoms with Crippen LogP contribution in [-0.4, -0.2) is 41.7 Å². The third-order valence-corrected chi connectivity index (χ3v) is 5.83. The van der Waals surface area contributed by atoms with Crippen LogP contribution in [0.15, 0.2) is 28.7 Å². The largest absolute Gasteiger partial charge is 0.496 e. The lowest BCUT2D eigenvalue weighted by Gasteiger charge is -2.27. The van der Waals surface area contributed by atoms with Crippen LogP contribution in [0.25, 0.3) is 0 Å². The van der Waals surface area contributed by atoms with Crippen molar-refractivity contribution in [1.29, 1.82) is 0 Å². The van der Waals surface area contributed by atoms with Crippen LogP contribution in [0.2, 0.25) is 0 Å². The number of carbonyl (C=O) groups excluding carboxylic acids is 1. The summed E-state index contributed by atoms with van der Waals surface area (Å²) in [6.07, 6.45) is 4.08. The fourth-order valence-corrected chi connectivity index (χ4v) is 4.13. The molecular formula is C21H28N4O2S. The molecule has 1 aromatic carbocycles. The van der Waals surface area contributed by atoms with E-state index in [9.17, 15) is 4.79 Å². The second kappa shape index (κ2) is 9.80. The van der Waals surface area contributed by atoms with E-state index >= 15 is 0 Å². The molecule has 0 saturated carbocycles. The molecule has 1 aliphatic heterocycles. The number of rotatable bonds is 7. The normalized spacial score (nSPS) is 15.5. The van der Waals surface area contributed by atoms with E-state index in [0.717, 1.165) is 52.9 Å². The molecule has 0 spiro atoms. The van der Waals surface area contributed by atoms with Crippen molar-refractivity contribution in [2.75, 3.05) is 20.2 Å². The first kappa shape index (κ1) is 20.5. The van der Waals surface area contributed by atoms with Gasteiger partial charge in [-0.05, 0) is 63.5 Å². The first-order chi connectivity index (χ1) is 13.5. The number of hydrogen-bond donors (Lipinski definition) is 1. The van der Waals surface area contributed by atoms with E-state index in [2.05, 4.69) is 26.5 Å². The predicted octanol–water partition coefficient (Wildman–Crippen LogP) is 3.53. The number of methoxy groups -OCH3 is 1. The summed E-state index contributed by atoms with van der Waals surface area (Å²) in [5.41, 5.74) is 6.49. The van der Waals surface area contributed by atoms with Gasteiger partial charge in [0.15, 0.2) is 0 Å². The third-order valence-electron chi connectivity index (χ3n) is 4.87. The molecule has 1 aliphatic rings. The van der Waals surface area contributed by atoms with E-state index in [1.165, 1.54) is 30.6 Å². The number of nitrogens with zero attached hydrogens (tertiary/aromatic N) is 3. The summed E-state index contributed by atoms with van der Waals surface area (Å²) in [6.45, 7) is 6.96. The Bertz CT molecular complexity index is 841. The Labute approximate surface area is 170 Å². The first-order valence-electron chi connectivity index (χ1n) is 9.69. The molecule has 1 amide bonds. The van der Waals surface area contributed by atoms with Crippen LogP contribution in [0.1, 0.15) is 48.0 Å². The van der Waals surface area contributed by atoms with Gasteiger partial charge < -0.3 is 4.74 Å². The van der Waals surface area contributed by atoms with Crippen molar-refractivity contribution >= 4 is 23.0 Å². The molecule has 1 aromatic heterocycles. The number of piperidine rings is 1. The first-order valence-corrected chi connectivity index (χ1v) is 10.6. The highest BCUT2D eigenvalue weighted by Gasteiger charge is 2.14. The number of hydrazone groups is 1. The zero-order valence-electron chi connectivity index (χ0n) is 16.8. The Morgan fingerprint density at radius 1 is 1.32 bits per heavy atom. The van der Waals surface area contributed by atoms with E-state index < -0.39 is 0 Å². The Morgan fingerprint density at radius 3 is 2.79 bits per heavy atom. The third kappa shape index (κ3) is 5.62. The van der Waals surface area contributed by atoms with Crippen LogP contribution in [0.3, 0.4) is 0 Å². The van der Waals surface area contributed by atoms with Crippen LogP contribution in [0.4, 0.5) is 0 Å². The highest BCUT2D eigenvalue weighted by molar-refractivity contribution is 7.09. The summed E-state index contributed by atoms with van der Waals surface area (Å²) < 4.78 is 5.55. The standard InChI is InChI=1S/C21H28N4O2S/c1-15-14-28-21(22-15)12-20(26)24-23-16(2)17-7-8-19(27-3)18(11-17)13-25-9-5-4-6-10-25/h7-8,11,14H,4-6,9-10,12-13H2,1-3H3,(H,24,26)/b23-16-. The minimum atomic E-state index is -0.157. The maximum Gasteiger partial charge on any atom is 0.246 e. The van der Waals surface area contributed by atoms with Gasteiger partial charge in [0, 0.05) is 23.2 Å². The number of benzene rings is 1. The number of aryl methyl sites for hydroxylation is 1. The van der Waals surface area contributed by atoms with Gasteiger partial charge in [-0.3, -0.25) is 9.69 Å². The van der Waals surface area contributed by atoms with Crippen molar-refractivity contribution in [1.82, 2.24) is 15.3 Å². The van der Waals surface area contributed by atoms with E-state index in [4.69, 9.17) is 4.74 Å². The SMILES string of the molecule is COc1ccc(/C(C)=N\NC(=O)Cc2nc(C)cs2)cc1CN1CCCCC1. The van der Waals surface area contributed by atoms with Gasteiger partial charge in [-0.25, -0.2) is 10.4 Å². The van der Waals surface area contributed by atoms with Crippen LogP contribution >= 0.6 is 11.3 Å². The van der Waals surface area contributed by atoms with Gasteiger partial charge in [0.05, 0.1) is 19.2 Å². The highest BCUT2D eigenvalue weighted by atomic mass is 32.1. The average Bonchev–Trinajstić information content (AvgIpc) is 3.11. The quantitative estimate of drug-likeness (QED) is 0.570. The van der Waals surface area contributed by atoms with Gasteiger partial charge in [-0.1, -0.05) is 6.42 Å². The van der Waals surface area contributed by atoms with Gasteiger partial charge in [0.2, 0.25) is 5.91 Å². The second-order valence-corrected chi connectivity index (χ2v) is 8.10. The van der Waals surface area contributed by atoms with Crippen LogP contribution in [0.5, 0.6) is 5.75 Å². The van der Waals surface area contributed by atoms with E-state index in [1.807, 2.05) is 31.4 Å². The van der Waals surface area contributed by atoms with Crippen molar-refractivity contribution in [2.24, 2.45) is 5.10 Å². The zero-order chi connectivity index (χ0) is 19.9. The number of amides is 1. The summed E-state index contributed by atoms with van der Waals surface area (Å²) in [6, 6.07) is 6.07. The van der Waals surface area contributed by atoms with Crippen molar-refractivity contribution in [3.8, 4) is 5.75 Å². The lowest BCUT2D eigenvalue weighted by molar-refractivity contribution is -0.120. The van der Waals surface area contributed by atoms with E-state index in [0.29, 0.717) is 0 Å². The summed E-state index contributed by atoms with van der Waals surface area (Å²) in [4.78, 5) is 18.9. The molecule has 0 bridgehead atoms. The van der Waals surface area contributed by atoms with Gasteiger partial charge in [0.25, 0.3) is 0 Å². The molecule has 0 atom stereocenters. The van der Waals surface area contributed by atoms with Gasteiger partial charge in [-0.2, -0.15) is 5.10 Å². The highest BCUT2D eigenvalue weighted by Crippen LogP contribution is 2.23. The number of aromatic nitrogens is 1. The second-order valence-electron chi connectivity index (χ2n) is 7.16. The summed E-state index contributed by atoms with van der Waals surface area (Å²) >= 11 is 1.49. The maximum absolute atomic E-state index is 12.1. The van der Waals surface area contributed by atoms with Gasteiger partial charge >= 0.3 is 0 Å². The molecule has 0 unspecified atom stereocenters. The van der Waals surface area contributed by atoms with Crippen LogP contribution in [-0.2, 0) is 17.8 Å². The Morgan fingerprint density at radius 2 is 2.11 bits per heavy atom. The van der Waals surface area contributed by atoms with E-state index in [1.54, 1.807) is 7.11 Å². The predicted molar refractivity (Wildman–Crippen MR) is 113 cm³/mol. The minimum absolute atomic E-state index is 0.157. The monoisotopic (exact) mass is 400 g/mol. The summed E-state index contributed by atoms with van der Waals surface area (Å²) in [5, 5.41) is 7.03. The van der Waals surface area contributed by atoms with Crippen LogP contribution < -0.4 is 10.2 Å². The molecule has 2 aromatic rings. The molecule has 0 aliphatic carbocycles. The number of carbonyl (C=O) groups is 1. The van der Waals surface area contributed by atoms with Crippen molar-refractivity contribution < 1.29 is 9.53 Å². The lowest BCUT2D eigenvalue weighted by Crippen LogP contribution is -2.29. The topological polar surface area (TPSA) is 66.8 Å². The molecule has 1 saturated heterocycles. The smallest absolute Gasteiger partial charge is 0.246 e. The molecule has 6 nitrogen and oxygen atoms in total. The minimum Gasteiger partial charge on any atom is -0.496 e. The molecule has 7 heteroatoms. The van der Waals surface area contributed by atoms with E-state index in [-0.39, 0.29) is 12.3 Å². The fourth-order valence-electron chi connectivity index (χ4n) is 3.36. The Kier molecular flexibility index (Phi) is 7.17. The average molecular weight is 401 g/mol. The van der Waals surface area contributed by atoms with Crippen molar-refractivity contribution in [3.63, 3.8) is 0 Å². The summed E-state index contributed by atoms with van der Waals surface area (Å²) in [5.74, 6) is 0.737. The molecule has 150 valence electrons. The number of likely N-dealkylation sites (tertiary alicyclic amines) is 1. The summed E-state index contributed by atoms with van der Waals surface area (Å²) in [7, 11) is 1.70. The number of nitrogens with one attached hydrogen (secondary N) is 1.